The molecule has 0 radical (unpaired) electrons. The molecule has 0 fully saturated rings. The molecule has 0 aliphatic carbocycles. The van der Waals surface area contributed by atoms with E-state index in [9.17, 15) is 33.9 Å². The summed E-state index contributed by atoms with van der Waals surface area (Å²) in [7, 11) is 0. The first-order valence-corrected chi connectivity index (χ1v) is 14.1. The standard InChI is InChI=1S/C30H42N4O7/c1-20(2)24(18-23(36)7-4-3-5-16-34-27(38)13-14-28(34)39)29(40)33-25(8-6-15-32-30(31)41)26(37)17-21-9-11-22(19-35)12-10-21/h9-14,20,24-25,35H,3-8,15-19H2,1-2H3,(H,33,40)(H3,31,32,41)/t24-,25-/m0/s1. The number of carbonyl (C=O) groups is 6. The van der Waals surface area contributed by atoms with Crippen molar-refractivity contribution in [1.82, 2.24) is 15.5 Å². The fourth-order valence-electron chi connectivity index (χ4n) is 4.60. The Hall–Kier alpha value is -3.86. The smallest absolute Gasteiger partial charge is 0.312 e. The van der Waals surface area contributed by atoms with Crippen molar-refractivity contribution in [3.8, 4) is 0 Å². The van der Waals surface area contributed by atoms with E-state index in [2.05, 4.69) is 10.6 Å². The molecule has 11 heteroatoms. The van der Waals surface area contributed by atoms with E-state index in [4.69, 9.17) is 5.73 Å². The number of aliphatic hydroxyl groups excluding tert-OH is 1. The van der Waals surface area contributed by atoms with Crippen molar-refractivity contribution in [1.29, 1.82) is 0 Å². The zero-order valence-electron chi connectivity index (χ0n) is 23.9. The molecule has 0 unspecified atom stereocenters. The van der Waals surface area contributed by atoms with E-state index < -0.39 is 18.0 Å². The summed E-state index contributed by atoms with van der Waals surface area (Å²) in [5, 5.41) is 14.6. The number of nitrogens with one attached hydrogen (secondary N) is 2. The van der Waals surface area contributed by atoms with Crippen LogP contribution in [0.2, 0.25) is 0 Å². The maximum Gasteiger partial charge on any atom is 0.312 e. The van der Waals surface area contributed by atoms with Crippen LogP contribution in [0.4, 0.5) is 4.79 Å². The Kier molecular flexibility index (Phi) is 13.9. The van der Waals surface area contributed by atoms with Gasteiger partial charge in [-0.25, -0.2) is 4.79 Å². The third-order valence-corrected chi connectivity index (χ3v) is 7.08. The predicted octanol–water partition coefficient (Wildman–Crippen LogP) is 1.94. The molecule has 1 aromatic carbocycles. The number of Topliss-reactive ketones (excluding diaryl/α,β-unsaturated/α-hetero) is 2. The molecular weight excluding hydrogens is 528 g/mol. The highest BCUT2D eigenvalue weighted by atomic mass is 16.3. The quantitative estimate of drug-likeness (QED) is 0.145. The van der Waals surface area contributed by atoms with Gasteiger partial charge < -0.3 is 21.5 Å². The van der Waals surface area contributed by atoms with Gasteiger partial charge in [0, 0.05) is 50.4 Å². The monoisotopic (exact) mass is 570 g/mol. The van der Waals surface area contributed by atoms with Crippen molar-refractivity contribution in [2.45, 2.75) is 77.9 Å². The second-order valence-corrected chi connectivity index (χ2v) is 10.7. The van der Waals surface area contributed by atoms with E-state index in [0.717, 1.165) is 11.1 Å². The number of primary amides is 1. The largest absolute Gasteiger partial charge is 0.392 e. The second-order valence-electron chi connectivity index (χ2n) is 10.7. The zero-order valence-corrected chi connectivity index (χ0v) is 23.9. The predicted molar refractivity (Wildman–Crippen MR) is 152 cm³/mol. The van der Waals surface area contributed by atoms with Gasteiger partial charge in [-0.1, -0.05) is 44.5 Å². The number of hydrogen-bond donors (Lipinski definition) is 4. The zero-order chi connectivity index (χ0) is 30.4. The van der Waals surface area contributed by atoms with Gasteiger partial charge in [0.25, 0.3) is 11.8 Å². The highest BCUT2D eigenvalue weighted by molar-refractivity contribution is 6.12. The minimum absolute atomic E-state index is 0.0449. The number of amides is 5. The maximum absolute atomic E-state index is 13.3. The number of benzene rings is 1. The minimum atomic E-state index is -0.809. The summed E-state index contributed by atoms with van der Waals surface area (Å²) in [6.07, 6.45) is 5.44. The van der Waals surface area contributed by atoms with Gasteiger partial charge in [0.1, 0.15) is 5.78 Å². The number of rotatable bonds is 19. The van der Waals surface area contributed by atoms with E-state index in [1.165, 1.54) is 17.1 Å². The molecule has 5 amide bonds. The van der Waals surface area contributed by atoms with Crippen LogP contribution in [0.5, 0.6) is 0 Å². The summed E-state index contributed by atoms with van der Waals surface area (Å²) in [5.41, 5.74) is 6.58. The van der Waals surface area contributed by atoms with Gasteiger partial charge in [-0.05, 0) is 42.7 Å². The van der Waals surface area contributed by atoms with Crippen LogP contribution in [0.3, 0.4) is 0 Å². The number of nitrogens with zero attached hydrogens (tertiary/aromatic N) is 1. The molecule has 0 saturated carbocycles. The normalized spacial score (nSPS) is 14.3. The maximum atomic E-state index is 13.3. The third kappa shape index (κ3) is 11.6. The third-order valence-electron chi connectivity index (χ3n) is 7.08. The fourth-order valence-corrected chi connectivity index (χ4v) is 4.60. The van der Waals surface area contributed by atoms with Gasteiger partial charge >= 0.3 is 6.03 Å². The molecule has 5 N–H and O–H groups in total. The molecule has 1 heterocycles. The first-order valence-electron chi connectivity index (χ1n) is 14.1. The molecule has 11 nitrogen and oxygen atoms in total. The number of carbonyl (C=O) groups excluding carboxylic acids is 6. The summed E-state index contributed by atoms with van der Waals surface area (Å²) in [6.45, 7) is 4.17. The van der Waals surface area contributed by atoms with E-state index in [1.807, 2.05) is 13.8 Å². The van der Waals surface area contributed by atoms with Crippen LogP contribution in [0, 0.1) is 11.8 Å². The van der Waals surface area contributed by atoms with E-state index in [-0.39, 0.29) is 74.0 Å². The molecular formula is C30H42N4O7. The van der Waals surface area contributed by atoms with Crippen molar-refractivity contribution < 1.29 is 33.9 Å². The van der Waals surface area contributed by atoms with Crippen LogP contribution >= 0.6 is 0 Å². The number of ketones is 2. The van der Waals surface area contributed by atoms with E-state index in [1.54, 1.807) is 24.3 Å². The van der Waals surface area contributed by atoms with Gasteiger partial charge in [0.2, 0.25) is 5.91 Å². The summed E-state index contributed by atoms with van der Waals surface area (Å²) in [4.78, 5) is 74.6. The molecule has 1 aliphatic rings. The number of hydrogen-bond acceptors (Lipinski definition) is 7. The van der Waals surface area contributed by atoms with Gasteiger partial charge in [0.15, 0.2) is 5.78 Å². The Labute approximate surface area is 240 Å². The van der Waals surface area contributed by atoms with Crippen LogP contribution < -0.4 is 16.4 Å². The highest BCUT2D eigenvalue weighted by Crippen LogP contribution is 2.19. The molecule has 0 saturated heterocycles. The second kappa shape index (κ2) is 17.1. The molecule has 1 aromatic rings. The van der Waals surface area contributed by atoms with Gasteiger partial charge in [-0.15, -0.1) is 0 Å². The molecule has 0 spiro atoms. The average Bonchev–Trinajstić information content (AvgIpc) is 3.25. The average molecular weight is 571 g/mol. The Morgan fingerprint density at radius 2 is 1.56 bits per heavy atom. The van der Waals surface area contributed by atoms with Gasteiger partial charge in [-0.2, -0.15) is 0 Å². The SMILES string of the molecule is CC(C)[C@H](CC(=O)CCCCCN1C(=O)C=CC1=O)C(=O)N[C@@H](CCCNC(N)=O)C(=O)Cc1ccc(CO)cc1. The van der Waals surface area contributed by atoms with E-state index >= 15 is 0 Å². The summed E-state index contributed by atoms with van der Waals surface area (Å²) in [5.74, 6) is -2.04. The Balaban J connectivity index is 1.92. The molecule has 41 heavy (non-hydrogen) atoms. The lowest BCUT2D eigenvalue weighted by Crippen LogP contribution is -2.46. The lowest BCUT2D eigenvalue weighted by molar-refractivity contribution is -0.137. The highest BCUT2D eigenvalue weighted by Gasteiger charge is 2.29. The van der Waals surface area contributed by atoms with Crippen molar-refractivity contribution in [3.63, 3.8) is 0 Å². The van der Waals surface area contributed by atoms with Crippen LogP contribution in [0.1, 0.15) is 69.9 Å². The fraction of sp³-hybridized carbons (Fsp3) is 0.533. The number of imide groups is 1. The summed E-state index contributed by atoms with van der Waals surface area (Å²) >= 11 is 0. The van der Waals surface area contributed by atoms with Gasteiger partial charge in [-0.3, -0.25) is 28.9 Å². The molecule has 0 bridgehead atoms. The molecule has 2 rings (SSSR count). The number of urea groups is 1. The van der Waals surface area contributed by atoms with Crippen LogP contribution in [0.15, 0.2) is 36.4 Å². The first-order chi connectivity index (χ1) is 19.5. The number of unbranched alkanes of at least 4 members (excludes halogenated alkanes) is 2. The van der Waals surface area contributed by atoms with Crippen molar-refractivity contribution in [2.75, 3.05) is 13.1 Å². The molecule has 2 atom stereocenters. The number of nitrogens with two attached hydrogens (primary N) is 1. The molecule has 0 aromatic heterocycles. The Morgan fingerprint density at radius 1 is 0.927 bits per heavy atom. The Bertz CT molecular complexity index is 1100. The van der Waals surface area contributed by atoms with Crippen LogP contribution in [0.25, 0.3) is 0 Å². The minimum Gasteiger partial charge on any atom is -0.392 e. The topological polar surface area (TPSA) is 176 Å². The molecule has 1 aliphatic heterocycles. The van der Waals surface area contributed by atoms with Crippen LogP contribution in [-0.4, -0.2) is 64.5 Å². The van der Waals surface area contributed by atoms with Crippen LogP contribution in [-0.2, 0) is 37.0 Å². The van der Waals surface area contributed by atoms with Crippen molar-refractivity contribution >= 4 is 35.3 Å². The molecule has 224 valence electrons. The summed E-state index contributed by atoms with van der Waals surface area (Å²) in [6, 6.07) is 5.49. The Morgan fingerprint density at radius 3 is 2.15 bits per heavy atom. The summed E-state index contributed by atoms with van der Waals surface area (Å²) < 4.78 is 0. The van der Waals surface area contributed by atoms with Crippen molar-refractivity contribution in [2.24, 2.45) is 17.6 Å². The van der Waals surface area contributed by atoms with Crippen molar-refractivity contribution in [3.05, 3.63) is 47.5 Å². The lowest BCUT2D eigenvalue weighted by atomic mass is 9.88. The first kappa shape index (κ1) is 33.3. The van der Waals surface area contributed by atoms with E-state index in [0.29, 0.717) is 32.2 Å². The number of aliphatic hydroxyl groups is 1. The lowest BCUT2D eigenvalue weighted by Gasteiger charge is -2.24. The van der Waals surface area contributed by atoms with Gasteiger partial charge in [0.05, 0.1) is 12.6 Å².